The Morgan fingerprint density at radius 1 is 1.26 bits per heavy atom. The number of rotatable bonds is 6. The SMILES string of the molecule is C=CCOc1ccc(C(=O)N[C@@H]2CC(C)(C)Oc3ccc(OC)cc32)cc1. The zero-order valence-corrected chi connectivity index (χ0v) is 16.0. The lowest BCUT2D eigenvalue weighted by molar-refractivity contribution is 0.0618. The van der Waals surface area contributed by atoms with E-state index in [-0.39, 0.29) is 17.6 Å². The van der Waals surface area contributed by atoms with Gasteiger partial charge >= 0.3 is 0 Å². The van der Waals surface area contributed by atoms with E-state index in [2.05, 4.69) is 11.9 Å². The number of methoxy groups -OCH3 is 1. The zero-order chi connectivity index (χ0) is 19.4. The molecule has 5 heteroatoms. The number of hydrogen-bond acceptors (Lipinski definition) is 4. The molecule has 3 rings (SSSR count). The summed E-state index contributed by atoms with van der Waals surface area (Å²) in [4.78, 5) is 12.8. The van der Waals surface area contributed by atoms with Crippen LogP contribution in [0, 0.1) is 0 Å². The molecule has 1 aliphatic heterocycles. The molecular formula is C22H25NO4. The van der Waals surface area contributed by atoms with Gasteiger partial charge in [0, 0.05) is 17.5 Å². The summed E-state index contributed by atoms with van der Waals surface area (Å²) in [5, 5.41) is 3.13. The van der Waals surface area contributed by atoms with Crippen molar-refractivity contribution in [3.8, 4) is 17.2 Å². The Morgan fingerprint density at radius 3 is 2.63 bits per heavy atom. The first-order valence-corrected chi connectivity index (χ1v) is 8.93. The standard InChI is InChI=1S/C22H25NO4/c1-5-12-26-16-8-6-15(7-9-16)21(24)23-19-14-22(2,3)27-20-11-10-17(25-4)13-18(19)20/h5-11,13,19H,1,12,14H2,2-4H3,(H,23,24)/t19-/m1/s1. The lowest BCUT2D eigenvalue weighted by Crippen LogP contribution is -2.41. The van der Waals surface area contributed by atoms with Gasteiger partial charge in [-0.25, -0.2) is 0 Å². The molecule has 0 aromatic heterocycles. The number of carbonyl (C=O) groups excluding carboxylic acids is 1. The molecule has 27 heavy (non-hydrogen) atoms. The third kappa shape index (κ3) is 4.42. The molecule has 1 N–H and O–H groups in total. The molecule has 0 bridgehead atoms. The highest BCUT2D eigenvalue weighted by Gasteiger charge is 2.35. The van der Waals surface area contributed by atoms with Crippen molar-refractivity contribution in [2.45, 2.75) is 31.9 Å². The molecule has 0 saturated heterocycles. The molecule has 0 fully saturated rings. The van der Waals surface area contributed by atoms with E-state index >= 15 is 0 Å². The molecule has 2 aromatic rings. The average molecular weight is 367 g/mol. The third-order valence-corrected chi connectivity index (χ3v) is 4.46. The van der Waals surface area contributed by atoms with E-state index in [1.807, 2.05) is 32.0 Å². The number of nitrogens with one attached hydrogen (secondary N) is 1. The Labute approximate surface area is 159 Å². The smallest absolute Gasteiger partial charge is 0.251 e. The molecular weight excluding hydrogens is 342 g/mol. The highest BCUT2D eigenvalue weighted by atomic mass is 16.5. The van der Waals surface area contributed by atoms with E-state index in [9.17, 15) is 4.79 Å². The fraction of sp³-hybridized carbons (Fsp3) is 0.318. The van der Waals surface area contributed by atoms with Crippen molar-refractivity contribution in [2.75, 3.05) is 13.7 Å². The summed E-state index contributed by atoms with van der Waals surface area (Å²) >= 11 is 0. The number of benzene rings is 2. The van der Waals surface area contributed by atoms with Gasteiger partial charge in [0.2, 0.25) is 0 Å². The predicted molar refractivity (Wildman–Crippen MR) is 105 cm³/mol. The minimum absolute atomic E-state index is 0.137. The van der Waals surface area contributed by atoms with Crippen LogP contribution in [0.4, 0.5) is 0 Å². The van der Waals surface area contributed by atoms with Gasteiger partial charge in [-0.3, -0.25) is 4.79 Å². The molecule has 0 spiro atoms. The van der Waals surface area contributed by atoms with Crippen LogP contribution in [0.1, 0.15) is 42.2 Å². The Hall–Kier alpha value is -2.95. The van der Waals surface area contributed by atoms with E-state index in [1.54, 1.807) is 37.5 Å². The minimum Gasteiger partial charge on any atom is -0.497 e. The molecule has 5 nitrogen and oxygen atoms in total. The van der Waals surface area contributed by atoms with Crippen LogP contribution in [0.25, 0.3) is 0 Å². The number of fused-ring (bicyclic) bond motifs is 1. The monoisotopic (exact) mass is 367 g/mol. The minimum atomic E-state index is -0.373. The second-order valence-electron chi connectivity index (χ2n) is 7.12. The fourth-order valence-corrected chi connectivity index (χ4v) is 3.19. The second-order valence-corrected chi connectivity index (χ2v) is 7.12. The molecule has 1 atom stereocenters. The van der Waals surface area contributed by atoms with Gasteiger partial charge in [0.1, 0.15) is 29.5 Å². The first-order chi connectivity index (χ1) is 12.9. The number of hydrogen-bond donors (Lipinski definition) is 1. The van der Waals surface area contributed by atoms with Crippen molar-refractivity contribution in [3.05, 3.63) is 66.2 Å². The van der Waals surface area contributed by atoms with Gasteiger partial charge in [-0.1, -0.05) is 12.7 Å². The van der Waals surface area contributed by atoms with Crippen molar-refractivity contribution >= 4 is 5.91 Å². The van der Waals surface area contributed by atoms with Crippen LogP contribution in [0.2, 0.25) is 0 Å². The van der Waals surface area contributed by atoms with Crippen LogP contribution >= 0.6 is 0 Å². The number of carbonyl (C=O) groups is 1. The average Bonchev–Trinajstić information content (AvgIpc) is 2.65. The Balaban J connectivity index is 1.80. The maximum absolute atomic E-state index is 12.8. The maximum Gasteiger partial charge on any atom is 0.251 e. The molecule has 0 saturated carbocycles. The molecule has 2 aromatic carbocycles. The quantitative estimate of drug-likeness (QED) is 0.774. The Kier molecular flexibility index (Phi) is 5.40. The van der Waals surface area contributed by atoms with Crippen LogP contribution in [0.15, 0.2) is 55.1 Å². The normalized spacial score (nSPS) is 17.2. The van der Waals surface area contributed by atoms with Gasteiger partial charge in [0.25, 0.3) is 5.91 Å². The number of ether oxygens (including phenoxy) is 3. The van der Waals surface area contributed by atoms with Crippen molar-refractivity contribution < 1.29 is 19.0 Å². The first kappa shape index (κ1) is 18.8. The molecule has 0 radical (unpaired) electrons. The molecule has 1 amide bonds. The lowest BCUT2D eigenvalue weighted by Gasteiger charge is -2.38. The van der Waals surface area contributed by atoms with Gasteiger partial charge in [0.05, 0.1) is 13.2 Å². The van der Waals surface area contributed by atoms with Gasteiger partial charge in [-0.15, -0.1) is 0 Å². The van der Waals surface area contributed by atoms with Crippen molar-refractivity contribution in [2.24, 2.45) is 0 Å². The number of amides is 1. The Morgan fingerprint density at radius 2 is 1.96 bits per heavy atom. The van der Waals surface area contributed by atoms with Crippen molar-refractivity contribution in [3.63, 3.8) is 0 Å². The summed E-state index contributed by atoms with van der Waals surface area (Å²) in [5.74, 6) is 2.07. The maximum atomic E-state index is 12.8. The lowest BCUT2D eigenvalue weighted by atomic mass is 9.89. The van der Waals surface area contributed by atoms with E-state index in [1.165, 1.54) is 0 Å². The zero-order valence-electron chi connectivity index (χ0n) is 16.0. The summed E-state index contributed by atoms with van der Waals surface area (Å²) in [6.07, 6.45) is 2.35. The van der Waals surface area contributed by atoms with Gasteiger partial charge in [0.15, 0.2) is 0 Å². The van der Waals surface area contributed by atoms with E-state index in [0.717, 1.165) is 17.1 Å². The third-order valence-electron chi connectivity index (χ3n) is 4.46. The highest BCUT2D eigenvalue weighted by molar-refractivity contribution is 5.94. The molecule has 0 aliphatic carbocycles. The summed E-state index contributed by atoms with van der Waals surface area (Å²) in [6, 6.07) is 12.6. The topological polar surface area (TPSA) is 56.8 Å². The Bertz CT molecular complexity index is 827. The summed E-state index contributed by atoms with van der Waals surface area (Å²) in [5.41, 5.74) is 1.13. The van der Waals surface area contributed by atoms with Crippen LogP contribution < -0.4 is 19.5 Å². The van der Waals surface area contributed by atoms with Crippen LogP contribution in [0.3, 0.4) is 0 Å². The summed E-state index contributed by atoms with van der Waals surface area (Å²) < 4.78 is 16.8. The van der Waals surface area contributed by atoms with Gasteiger partial charge in [-0.2, -0.15) is 0 Å². The van der Waals surface area contributed by atoms with Gasteiger partial charge in [-0.05, 0) is 56.3 Å². The summed E-state index contributed by atoms with van der Waals surface area (Å²) in [6.45, 7) is 8.09. The van der Waals surface area contributed by atoms with E-state index in [0.29, 0.717) is 24.3 Å². The molecule has 1 aliphatic rings. The van der Waals surface area contributed by atoms with Crippen molar-refractivity contribution in [1.82, 2.24) is 5.32 Å². The van der Waals surface area contributed by atoms with Crippen LogP contribution in [0.5, 0.6) is 17.2 Å². The largest absolute Gasteiger partial charge is 0.497 e. The highest BCUT2D eigenvalue weighted by Crippen LogP contribution is 2.41. The fourth-order valence-electron chi connectivity index (χ4n) is 3.19. The van der Waals surface area contributed by atoms with E-state index in [4.69, 9.17) is 14.2 Å². The van der Waals surface area contributed by atoms with Crippen LogP contribution in [-0.2, 0) is 0 Å². The second kappa shape index (κ2) is 7.74. The van der Waals surface area contributed by atoms with Gasteiger partial charge < -0.3 is 19.5 Å². The molecule has 0 unspecified atom stereocenters. The first-order valence-electron chi connectivity index (χ1n) is 8.93. The predicted octanol–water partition coefficient (Wildman–Crippen LogP) is 4.29. The summed E-state index contributed by atoms with van der Waals surface area (Å²) in [7, 11) is 1.62. The molecule has 1 heterocycles. The van der Waals surface area contributed by atoms with E-state index < -0.39 is 0 Å². The molecule has 142 valence electrons. The van der Waals surface area contributed by atoms with Crippen molar-refractivity contribution in [1.29, 1.82) is 0 Å². The van der Waals surface area contributed by atoms with Crippen LogP contribution in [-0.4, -0.2) is 25.2 Å².